The fourth-order valence-corrected chi connectivity index (χ4v) is 0.675. The molecule has 0 amide bonds. The molecule has 0 aromatic heterocycles. The second kappa shape index (κ2) is 6.85. The number of hydrogen-bond acceptors (Lipinski definition) is 3. The van der Waals surface area contributed by atoms with Gasteiger partial charge in [0.15, 0.2) is 0 Å². The molecule has 0 heterocycles. The topological polar surface area (TPSA) is 35.5 Å². The largest absolute Gasteiger partial charge is 0.463 e. The molecular weight excluding hydrogens is 156 g/mol. The number of carbonyl (C=O) groups is 1. The van der Waals surface area contributed by atoms with Gasteiger partial charge in [0, 0.05) is 18.6 Å². The van der Waals surface area contributed by atoms with E-state index in [2.05, 4.69) is 6.58 Å². The average Bonchev–Trinajstić information content (AvgIpc) is 2.05. The van der Waals surface area contributed by atoms with Crippen molar-refractivity contribution in [1.82, 2.24) is 0 Å². The summed E-state index contributed by atoms with van der Waals surface area (Å²) in [5, 5.41) is 0. The molecule has 0 N–H and O–H groups in total. The molecule has 0 aliphatic heterocycles. The van der Waals surface area contributed by atoms with E-state index in [4.69, 9.17) is 9.47 Å². The van der Waals surface area contributed by atoms with E-state index in [1.54, 1.807) is 6.92 Å². The molecule has 0 unspecified atom stereocenters. The van der Waals surface area contributed by atoms with Gasteiger partial charge in [0.05, 0.1) is 13.2 Å². The van der Waals surface area contributed by atoms with E-state index < -0.39 is 0 Å². The van der Waals surface area contributed by atoms with Crippen LogP contribution >= 0.6 is 0 Å². The van der Waals surface area contributed by atoms with Gasteiger partial charge in [0.25, 0.3) is 0 Å². The summed E-state index contributed by atoms with van der Waals surface area (Å²) in [6.45, 7) is 8.87. The Morgan fingerprint density at radius 2 is 2.00 bits per heavy atom. The molecule has 0 saturated carbocycles. The van der Waals surface area contributed by atoms with Gasteiger partial charge in [-0.05, 0) is 13.8 Å². The summed E-state index contributed by atoms with van der Waals surface area (Å²) in [6, 6.07) is 0. The fourth-order valence-electron chi connectivity index (χ4n) is 0.675. The molecule has 0 radical (unpaired) electrons. The van der Waals surface area contributed by atoms with Crippen molar-refractivity contribution >= 4 is 5.97 Å². The minimum Gasteiger partial charge on any atom is -0.463 e. The Kier molecular flexibility index (Phi) is 6.38. The van der Waals surface area contributed by atoms with Crippen LogP contribution in [0.1, 0.15) is 20.3 Å². The lowest BCUT2D eigenvalue weighted by Crippen LogP contribution is -2.08. The Balaban J connectivity index is 3.50. The van der Waals surface area contributed by atoms with Gasteiger partial charge in [0.1, 0.15) is 0 Å². The van der Waals surface area contributed by atoms with Crippen LogP contribution < -0.4 is 0 Å². The van der Waals surface area contributed by atoms with Gasteiger partial charge in [-0.15, -0.1) is 0 Å². The third kappa shape index (κ3) is 4.91. The zero-order chi connectivity index (χ0) is 9.40. The van der Waals surface area contributed by atoms with Crippen molar-refractivity contribution in [2.45, 2.75) is 20.3 Å². The van der Waals surface area contributed by atoms with Crippen LogP contribution in [0.5, 0.6) is 0 Å². The fraction of sp³-hybridized carbons (Fsp3) is 0.667. The van der Waals surface area contributed by atoms with Crippen LogP contribution in [0.25, 0.3) is 0 Å². The van der Waals surface area contributed by atoms with Crippen LogP contribution in [0.2, 0.25) is 0 Å². The highest BCUT2D eigenvalue weighted by Gasteiger charge is 2.06. The van der Waals surface area contributed by atoms with Gasteiger partial charge < -0.3 is 9.47 Å². The maximum atomic E-state index is 11.0. The zero-order valence-corrected chi connectivity index (χ0v) is 7.76. The first kappa shape index (κ1) is 11.2. The SMILES string of the molecule is C=C(CCOCC)C(=O)OCC. The van der Waals surface area contributed by atoms with Gasteiger partial charge >= 0.3 is 5.97 Å². The second-order valence-corrected chi connectivity index (χ2v) is 2.27. The highest BCUT2D eigenvalue weighted by molar-refractivity contribution is 5.87. The zero-order valence-electron chi connectivity index (χ0n) is 7.76. The van der Waals surface area contributed by atoms with Crippen LogP contribution in [0.4, 0.5) is 0 Å². The molecule has 0 spiro atoms. The molecule has 0 aliphatic rings. The van der Waals surface area contributed by atoms with Crippen LogP contribution in [-0.4, -0.2) is 25.8 Å². The lowest BCUT2D eigenvalue weighted by molar-refractivity contribution is -0.138. The van der Waals surface area contributed by atoms with Gasteiger partial charge in [-0.25, -0.2) is 4.79 Å². The van der Waals surface area contributed by atoms with E-state index in [-0.39, 0.29) is 5.97 Å². The Morgan fingerprint density at radius 1 is 1.33 bits per heavy atom. The maximum absolute atomic E-state index is 11.0. The number of carbonyl (C=O) groups excluding carboxylic acids is 1. The Labute approximate surface area is 73.4 Å². The normalized spacial score (nSPS) is 9.50. The summed E-state index contributed by atoms with van der Waals surface area (Å²) in [7, 11) is 0. The van der Waals surface area contributed by atoms with Crippen molar-refractivity contribution in [2.75, 3.05) is 19.8 Å². The van der Waals surface area contributed by atoms with Crippen LogP contribution in [-0.2, 0) is 14.3 Å². The van der Waals surface area contributed by atoms with E-state index in [1.165, 1.54) is 0 Å². The average molecular weight is 172 g/mol. The highest BCUT2D eigenvalue weighted by atomic mass is 16.5. The van der Waals surface area contributed by atoms with Crippen LogP contribution in [0.15, 0.2) is 12.2 Å². The van der Waals surface area contributed by atoms with Gasteiger partial charge in [-0.1, -0.05) is 6.58 Å². The van der Waals surface area contributed by atoms with Crippen molar-refractivity contribution < 1.29 is 14.3 Å². The summed E-state index contributed by atoms with van der Waals surface area (Å²) >= 11 is 0. The summed E-state index contributed by atoms with van der Waals surface area (Å²) in [5.41, 5.74) is 0.477. The van der Waals surface area contributed by atoms with E-state index in [1.807, 2.05) is 6.92 Å². The molecule has 70 valence electrons. The van der Waals surface area contributed by atoms with Crippen molar-refractivity contribution in [3.05, 3.63) is 12.2 Å². The molecular formula is C9H16O3. The van der Waals surface area contributed by atoms with E-state index in [0.29, 0.717) is 31.8 Å². The first-order chi connectivity index (χ1) is 5.72. The first-order valence-corrected chi connectivity index (χ1v) is 4.15. The molecule has 0 aromatic rings. The Morgan fingerprint density at radius 3 is 2.50 bits per heavy atom. The first-order valence-electron chi connectivity index (χ1n) is 4.15. The molecule has 12 heavy (non-hydrogen) atoms. The van der Waals surface area contributed by atoms with Crippen molar-refractivity contribution in [1.29, 1.82) is 0 Å². The second-order valence-electron chi connectivity index (χ2n) is 2.27. The van der Waals surface area contributed by atoms with Gasteiger partial charge in [-0.3, -0.25) is 0 Å². The standard InChI is InChI=1S/C9H16O3/c1-4-11-7-6-8(3)9(10)12-5-2/h3-7H2,1-2H3. The molecule has 3 heteroatoms. The molecule has 0 saturated heterocycles. The Bertz CT molecular complexity index is 152. The third-order valence-corrected chi connectivity index (χ3v) is 1.32. The van der Waals surface area contributed by atoms with Gasteiger partial charge in [-0.2, -0.15) is 0 Å². The monoisotopic (exact) mass is 172 g/mol. The maximum Gasteiger partial charge on any atom is 0.333 e. The summed E-state index contributed by atoms with van der Waals surface area (Å²) in [4.78, 5) is 11.0. The predicted octanol–water partition coefficient (Wildman–Crippen LogP) is 1.53. The van der Waals surface area contributed by atoms with E-state index in [0.717, 1.165) is 0 Å². The molecule has 0 fully saturated rings. The number of ether oxygens (including phenoxy) is 2. The van der Waals surface area contributed by atoms with E-state index in [9.17, 15) is 4.79 Å². The summed E-state index contributed by atoms with van der Waals surface area (Å²) < 4.78 is 9.80. The summed E-state index contributed by atoms with van der Waals surface area (Å²) in [6.07, 6.45) is 0.548. The van der Waals surface area contributed by atoms with Crippen molar-refractivity contribution in [2.24, 2.45) is 0 Å². The minimum absolute atomic E-state index is 0.322. The van der Waals surface area contributed by atoms with Crippen molar-refractivity contribution in [3.63, 3.8) is 0 Å². The molecule has 0 atom stereocenters. The smallest absolute Gasteiger partial charge is 0.333 e. The van der Waals surface area contributed by atoms with Crippen molar-refractivity contribution in [3.8, 4) is 0 Å². The third-order valence-electron chi connectivity index (χ3n) is 1.32. The van der Waals surface area contributed by atoms with E-state index >= 15 is 0 Å². The Hall–Kier alpha value is -0.830. The molecule has 0 rings (SSSR count). The minimum atomic E-state index is -0.322. The molecule has 0 aliphatic carbocycles. The highest BCUT2D eigenvalue weighted by Crippen LogP contribution is 2.00. The number of esters is 1. The lowest BCUT2D eigenvalue weighted by atomic mass is 10.2. The van der Waals surface area contributed by atoms with Crippen LogP contribution in [0.3, 0.4) is 0 Å². The number of hydrogen-bond donors (Lipinski definition) is 0. The number of rotatable bonds is 6. The van der Waals surface area contributed by atoms with Gasteiger partial charge in [0.2, 0.25) is 0 Å². The lowest BCUT2D eigenvalue weighted by Gasteiger charge is -2.04. The molecule has 3 nitrogen and oxygen atoms in total. The molecule has 0 bridgehead atoms. The molecule has 0 aromatic carbocycles. The van der Waals surface area contributed by atoms with Crippen LogP contribution in [0, 0.1) is 0 Å². The predicted molar refractivity (Wildman–Crippen MR) is 46.9 cm³/mol. The quantitative estimate of drug-likeness (QED) is 0.346. The summed E-state index contributed by atoms with van der Waals surface area (Å²) in [5.74, 6) is -0.322.